The molecule has 0 spiro atoms. The number of benzene rings is 1. The Morgan fingerprint density at radius 1 is 1.43 bits per heavy atom. The van der Waals surface area contributed by atoms with Crippen LogP contribution in [0, 0.1) is 0 Å². The Hall–Kier alpha value is -2.05. The molecule has 0 aliphatic heterocycles. The minimum absolute atomic E-state index is 0.211. The van der Waals surface area contributed by atoms with Crippen molar-refractivity contribution in [3.05, 3.63) is 52.9 Å². The lowest BCUT2D eigenvalue weighted by molar-refractivity contribution is 0.0976. The van der Waals surface area contributed by atoms with Crippen LogP contribution in [0.15, 0.2) is 41.0 Å². The highest BCUT2D eigenvalue weighted by atomic mass is 35.5. The maximum Gasteiger partial charge on any atom is 0.257 e. The third kappa shape index (κ3) is 4.21. The largest absolute Gasteiger partial charge is 0.495 e. The average molecular weight is 325 g/mol. The van der Waals surface area contributed by atoms with Gasteiger partial charge in [-0.3, -0.25) is 10.1 Å². The van der Waals surface area contributed by atoms with E-state index in [0.29, 0.717) is 22.9 Å². The summed E-state index contributed by atoms with van der Waals surface area (Å²) < 4.78 is 10.2. The summed E-state index contributed by atoms with van der Waals surface area (Å²) in [5.41, 5.74) is 0.392. The number of rotatable bonds is 4. The quantitative estimate of drug-likeness (QED) is 0.847. The molecule has 1 aromatic heterocycles. The van der Waals surface area contributed by atoms with Crippen LogP contribution in [-0.2, 0) is 6.54 Å². The molecule has 1 heterocycles. The van der Waals surface area contributed by atoms with Crippen LogP contribution in [0.25, 0.3) is 0 Å². The van der Waals surface area contributed by atoms with Crippen molar-refractivity contribution in [1.82, 2.24) is 10.6 Å². The van der Waals surface area contributed by atoms with Crippen molar-refractivity contribution in [2.75, 3.05) is 7.11 Å². The van der Waals surface area contributed by atoms with Gasteiger partial charge in [-0.1, -0.05) is 11.6 Å². The first-order valence-electron chi connectivity index (χ1n) is 6.05. The molecule has 5 nitrogen and oxygen atoms in total. The summed E-state index contributed by atoms with van der Waals surface area (Å²) in [6.07, 6.45) is 1.57. The second kappa shape index (κ2) is 7.10. The highest BCUT2D eigenvalue weighted by Crippen LogP contribution is 2.24. The average Bonchev–Trinajstić information content (AvgIpc) is 2.98. The van der Waals surface area contributed by atoms with Gasteiger partial charge in [0.15, 0.2) is 5.11 Å². The molecule has 0 bridgehead atoms. The third-order valence-electron chi connectivity index (χ3n) is 2.64. The molecule has 0 unspecified atom stereocenters. The third-order valence-corrected chi connectivity index (χ3v) is 3.19. The minimum atomic E-state index is -0.350. The zero-order chi connectivity index (χ0) is 15.2. The summed E-state index contributed by atoms with van der Waals surface area (Å²) in [6, 6.07) is 8.33. The molecule has 2 N–H and O–H groups in total. The fourth-order valence-corrected chi connectivity index (χ4v) is 2.03. The lowest BCUT2D eigenvalue weighted by Crippen LogP contribution is -2.38. The van der Waals surface area contributed by atoms with Gasteiger partial charge in [-0.05, 0) is 42.5 Å². The second-order valence-corrected chi connectivity index (χ2v) is 4.88. The molecule has 0 saturated heterocycles. The zero-order valence-electron chi connectivity index (χ0n) is 11.2. The first kappa shape index (κ1) is 15.3. The number of nitrogens with one attached hydrogen (secondary N) is 2. The van der Waals surface area contributed by atoms with E-state index in [4.69, 9.17) is 33.0 Å². The molecule has 1 amide bonds. The standard InChI is InChI=1S/C14H13ClN2O3S/c1-19-12-5-4-9(7-11(12)15)13(18)17-14(21)16-8-10-3-2-6-20-10/h2-7H,8H2,1H3,(H2,16,17,18,21). The van der Waals surface area contributed by atoms with Crippen molar-refractivity contribution in [3.63, 3.8) is 0 Å². The molecule has 2 aromatic rings. The predicted octanol–water partition coefficient (Wildman–Crippen LogP) is 2.75. The van der Waals surface area contributed by atoms with Crippen LogP contribution in [0.3, 0.4) is 0 Å². The van der Waals surface area contributed by atoms with E-state index in [0.717, 1.165) is 5.76 Å². The number of hydrogen-bond donors (Lipinski definition) is 2. The number of ether oxygens (including phenoxy) is 1. The lowest BCUT2D eigenvalue weighted by atomic mass is 10.2. The van der Waals surface area contributed by atoms with Crippen LogP contribution in [0.5, 0.6) is 5.75 Å². The summed E-state index contributed by atoms with van der Waals surface area (Å²) in [5.74, 6) is 0.877. The van der Waals surface area contributed by atoms with Crippen molar-refractivity contribution in [3.8, 4) is 5.75 Å². The first-order chi connectivity index (χ1) is 10.1. The molecule has 0 atom stereocenters. The van der Waals surface area contributed by atoms with E-state index >= 15 is 0 Å². The SMILES string of the molecule is COc1ccc(C(=O)NC(=S)NCc2ccco2)cc1Cl. The summed E-state index contributed by atoms with van der Waals surface area (Å²) in [5, 5.41) is 6.01. The number of carbonyl (C=O) groups excluding carboxylic acids is 1. The van der Waals surface area contributed by atoms with Gasteiger partial charge in [0, 0.05) is 5.56 Å². The molecular weight excluding hydrogens is 312 g/mol. The molecule has 0 aliphatic rings. The maximum absolute atomic E-state index is 12.0. The smallest absolute Gasteiger partial charge is 0.257 e. The van der Waals surface area contributed by atoms with Gasteiger partial charge >= 0.3 is 0 Å². The number of methoxy groups -OCH3 is 1. The Kier molecular flexibility index (Phi) is 5.19. The molecule has 7 heteroatoms. The molecule has 0 fully saturated rings. The van der Waals surface area contributed by atoms with Crippen molar-refractivity contribution in [2.24, 2.45) is 0 Å². The zero-order valence-corrected chi connectivity index (χ0v) is 12.8. The van der Waals surface area contributed by atoms with E-state index in [-0.39, 0.29) is 11.0 Å². The van der Waals surface area contributed by atoms with Gasteiger partial charge in [-0.2, -0.15) is 0 Å². The predicted molar refractivity (Wildman–Crippen MR) is 83.6 cm³/mol. The molecular formula is C14H13ClN2O3S. The molecule has 2 rings (SSSR count). The number of furan rings is 1. The van der Waals surface area contributed by atoms with E-state index in [9.17, 15) is 4.79 Å². The Balaban J connectivity index is 1.91. The molecule has 1 aromatic carbocycles. The molecule has 0 aliphatic carbocycles. The van der Waals surface area contributed by atoms with Crippen molar-refractivity contribution >= 4 is 34.8 Å². The molecule has 110 valence electrons. The van der Waals surface area contributed by atoms with Gasteiger partial charge in [0.2, 0.25) is 0 Å². The van der Waals surface area contributed by atoms with Crippen LogP contribution >= 0.6 is 23.8 Å². The fourth-order valence-electron chi connectivity index (χ4n) is 1.61. The number of hydrogen-bond acceptors (Lipinski definition) is 4. The van der Waals surface area contributed by atoms with Crippen molar-refractivity contribution in [2.45, 2.75) is 6.54 Å². The second-order valence-electron chi connectivity index (χ2n) is 4.07. The normalized spacial score (nSPS) is 10.0. The van der Waals surface area contributed by atoms with E-state index < -0.39 is 0 Å². The van der Waals surface area contributed by atoms with E-state index in [1.54, 1.807) is 30.5 Å². The van der Waals surface area contributed by atoms with Crippen LogP contribution < -0.4 is 15.4 Å². The van der Waals surface area contributed by atoms with Crippen molar-refractivity contribution in [1.29, 1.82) is 0 Å². The van der Waals surface area contributed by atoms with Crippen LogP contribution in [0.4, 0.5) is 0 Å². The van der Waals surface area contributed by atoms with Crippen molar-refractivity contribution < 1.29 is 13.9 Å². The monoisotopic (exact) mass is 324 g/mol. The number of carbonyl (C=O) groups is 1. The van der Waals surface area contributed by atoms with Gasteiger partial charge in [0.05, 0.1) is 24.9 Å². The number of thiocarbonyl (C=S) groups is 1. The fraction of sp³-hybridized carbons (Fsp3) is 0.143. The van der Waals surface area contributed by atoms with Gasteiger partial charge in [-0.15, -0.1) is 0 Å². The van der Waals surface area contributed by atoms with E-state index in [2.05, 4.69) is 10.6 Å². The number of amides is 1. The minimum Gasteiger partial charge on any atom is -0.495 e. The lowest BCUT2D eigenvalue weighted by Gasteiger charge is -2.09. The first-order valence-corrected chi connectivity index (χ1v) is 6.84. The van der Waals surface area contributed by atoms with Crippen LogP contribution in [0.1, 0.15) is 16.1 Å². The van der Waals surface area contributed by atoms with Gasteiger partial charge in [0.25, 0.3) is 5.91 Å². The molecule has 0 saturated carbocycles. The van der Waals surface area contributed by atoms with Gasteiger partial charge < -0.3 is 14.5 Å². The summed E-state index contributed by atoms with van der Waals surface area (Å²) in [4.78, 5) is 12.0. The Morgan fingerprint density at radius 2 is 2.24 bits per heavy atom. The Morgan fingerprint density at radius 3 is 2.86 bits per heavy atom. The van der Waals surface area contributed by atoms with Crippen LogP contribution in [-0.4, -0.2) is 18.1 Å². The maximum atomic E-state index is 12.0. The topological polar surface area (TPSA) is 63.5 Å². The van der Waals surface area contributed by atoms with Gasteiger partial charge in [-0.25, -0.2) is 0 Å². The van der Waals surface area contributed by atoms with Crippen LogP contribution in [0.2, 0.25) is 5.02 Å². The molecule has 21 heavy (non-hydrogen) atoms. The molecule has 0 radical (unpaired) electrons. The number of halogens is 1. The summed E-state index contributed by atoms with van der Waals surface area (Å²) in [6.45, 7) is 0.398. The highest BCUT2D eigenvalue weighted by molar-refractivity contribution is 7.80. The Bertz CT molecular complexity index is 644. The Labute approximate surface area is 132 Å². The summed E-state index contributed by atoms with van der Waals surface area (Å²) in [7, 11) is 1.51. The highest BCUT2D eigenvalue weighted by Gasteiger charge is 2.10. The van der Waals surface area contributed by atoms with Gasteiger partial charge in [0.1, 0.15) is 11.5 Å². The van der Waals surface area contributed by atoms with E-state index in [1.807, 2.05) is 0 Å². The summed E-state index contributed by atoms with van der Waals surface area (Å²) >= 11 is 11.0. The van der Waals surface area contributed by atoms with E-state index in [1.165, 1.54) is 13.2 Å².